The first kappa shape index (κ1) is 53.7. The van der Waals surface area contributed by atoms with Gasteiger partial charge in [0.15, 0.2) is 0 Å². The third-order valence-electron chi connectivity index (χ3n) is 5.94. The average Bonchev–Trinajstić information content (AvgIpc) is 2.88. The van der Waals surface area contributed by atoms with Crippen LogP contribution in [0, 0.1) is 6.92 Å². The smallest absolute Gasteiger partial charge is 1.00 e. The van der Waals surface area contributed by atoms with Crippen LogP contribution in [0.25, 0.3) is 0 Å². The molecule has 224 valence electrons. The minimum atomic E-state index is 0. The van der Waals surface area contributed by atoms with E-state index >= 15 is 0 Å². The molecule has 0 spiro atoms. The van der Waals surface area contributed by atoms with Gasteiger partial charge in [-0.15, -0.1) is 0 Å². The van der Waals surface area contributed by atoms with E-state index in [-0.39, 0.29) is 43.3 Å². The van der Waals surface area contributed by atoms with Gasteiger partial charge in [0.25, 0.3) is 0 Å². The zero-order chi connectivity index (χ0) is 26.7. The molecule has 37 heavy (non-hydrogen) atoms. The van der Waals surface area contributed by atoms with Crippen LogP contribution in [-0.4, -0.2) is 5.78 Å². The zero-order valence-corrected chi connectivity index (χ0v) is 28.3. The number of Topliss-reactive ketones (excluding diaryl/α,β-unsaturated/α-hetero) is 1. The molecule has 0 rings (SSSR count). The van der Waals surface area contributed by atoms with Crippen molar-refractivity contribution in [2.75, 3.05) is 0 Å². The fraction of sp³-hybridized carbons (Fsp3) is 0.882. The molecule has 0 saturated carbocycles. The Labute approximate surface area is 261 Å². The summed E-state index contributed by atoms with van der Waals surface area (Å²) in [7, 11) is 0. The molecule has 0 atom stereocenters. The van der Waals surface area contributed by atoms with E-state index in [1.165, 1.54) is 115 Å². The summed E-state index contributed by atoms with van der Waals surface area (Å²) in [6.45, 7) is 22.4. The number of rotatable bonds is 21. The molecular formula is C34H73BrLiO-. The largest absolute Gasteiger partial charge is 1.00 e. The van der Waals surface area contributed by atoms with Gasteiger partial charge in [0, 0.05) is 12.8 Å². The Morgan fingerprint density at radius 2 is 0.865 bits per heavy atom. The van der Waals surface area contributed by atoms with E-state index in [1.54, 1.807) is 0 Å². The van der Waals surface area contributed by atoms with E-state index in [1.807, 2.05) is 20.8 Å². The SMILES string of the molecule is C.C=C(CC)CCCCCCCCCC.CC.CCCCCCCCCCC(=O)CC.[Br-].[CH2-]CCC.[Li+]. The summed E-state index contributed by atoms with van der Waals surface area (Å²) in [5.74, 6) is 0.427. The molecule has 0 aromatic heterocycles. The fourth-order valence-corrected chi connectivity index (χ4v) is 3.32. The van der Waals surface area contributed by atoms with Crippen molar-refractivity contribution in [2.45, 2.75) is 197 Å². The maximum absolute atomic E-state index is 11.0. The molecule has 0 aromatic carbocycles. The molecule has 0 saturated heterocycles. The Kier molecular flexibility index (Phi) is 82.2. The summed E-state index contributed by atoms with van der Waals surface area (Å²) in [5.41, 5.74) is 1.43. The predicted molar refractivity (Wildman–Crippen MR) is 168 cm³/mol. The van der Waals surface area contributed by atoms with Gasteiger partial charge < -0.3 is 23.9 Å². The van der Waals surface area contributed by atoms with Crippen molar-refractivity contribution in [3.8, 4) is 0 Å². The van der Waals surface area contributed by atoms with Crippen molar-refractivity contribution in [3.63, 3.8) is 0 Å². The van der Waals surface area contributed by atoms with Crippen molar-refractivity contribution >= 4 is 5.78 Å². The summed E-state index contributed by atoms with van der Waals surface area (Å²) < 4.78 is 0. The number of unbranched alkanes of at least 4 members (excludes halogenated alkanes) is 15. The van der Waals surface area contributed by atoms with E-state index in [0.29, 0.717) is 5.78 Å². The quantitative estimate of drug-likeness (QED) is 0.0600. The van der Waals surface area contributed by atoms with Crippen LogP contribution in [0.1, 0.15) is 197 Å². The molecule has 3 heteroatoms. The summed E-state index contributed by atoms with van der Waals surface area (Å²) in [5, 5.41) is 0. The van der Waals surface area contributed by atoms with Gasteiger partial charge in [0.1, 0.15) is 5.78 Å². The predicted octanol–water partition coefficient (Wildman–Crippen LogP) is 7.27. The number of halogens is 1. The molecule has 0 bridgehead atoms. The van der Waals surface area contributed by atoms with Gasteiger partial charge in [-0.25, -0.2) is 0 Å². The van der Waals surface area contributed by atoms with Gasteiger partial charge in [0.2, 0.25) is 0 Å². The third kappa shape index (κ3) is 66.8. The van der Waals surface area contributed by atoms with E-state index in [2.05, 4.69) is 41.2 Å². The molecule has 0 unspecified atom stereocenters. The van der Waals surface area contributed by atoms with Gasteiger partial charge >= 0.3 is 18.9 Å². The molecule has 0 amide bonds. The zero-order valence-electron chi connectivity index (χ0n) is 26.8. The second-order valence-electron chi connectivity index (χ2n) is 9.30. The first-order valence-electron chi connectivity index (χ1n) is 15.5. The van der Waals surface area contributed by atoms with Crippen LogP contribution < -0.4 is 35.8 Å². The van der Waals surface area contributed by atoms with Crippen LogP contribution in [0.2, 0.25) is 0 Å². The van der Waals surface area contributed by atoms with E-state index in [9.17, 15) is 4.79 Å². The van der Waals surface area contributed by atoms with Gasteiger partial charge in [-0.2, -0.15) is 6.42 Å². The maximum Gasteiger partial charge on any atom is 1.00 e. The second-order valence-corrected chi connectivity index (χ2v) is 9.30. The Hall–Kier alpha value is 0.487. The van der Waals surface area contributed by atoms with Crippen molar-refractivity contribution in [2.24, 2.45) is 0 Å². The summed E-state index contributed by atoms with van der Waals surface area (Å²) in [4.78, 5) is 11.0. The number of hydrogen-bond donors (Lipinski definition) is 0. The molecule has 0 aliphatic rings. The Morgan fingerprint density at radius 1 is 0.568 bits per heavy atom. The standard InChI is InChI=1S/C14H28.C13H26O.C4H9.C2H6.CH4.BrH.Li/c1-4-6-7-8-9-10-11-12-13-14(3)5-2;1-3-5-6-7-8-9-10-11-12-13(14)4-2;1-3-4-2;1-2;;;/h3-13H2,1-2H3;3-12H2,1-2H3;1,3-4H2,2H3;1-2H3;1H4;1H;/q;;-1;;;;+1/p-1. The molecule has 0 radical (unpaired) electrons. The van der Waals surface area contributed by atoms with Gasteiger partial charge in [-0.1, -0.05) is 164 Å². The Bertz CT molecular complexity index is 324. The van der Waals surface area contributed by atoms with Crippen molar-refractivity contribution < 1.29 is 40.6 Å². The molecule has 1 nitrogen and oxygen atoms in total. The number of ketones is 1. The van der Waals surface area contributed by atoms with Crippen LogP contribution in [0.15, 0.2) is 12.2 Å². The van der Waals surface area contributed by atoms with E-state index < -0.39 is 0 Å². The van der Waals surface area contributed by atoms with Crippen LogP contribution in [0.3, 0.4) is 0 Å². The number of allylic oxidation sites excluding steroid dienone is 1. The van der Waals surface area contributed by atoms with E-state index in [0.717, 1.165) is 32.1 Å². The van der Waals surface area contributed by atoms with Gasteiger partial charge in [0.05, 0.1) is 0 Å². The van der Waals surface area contributed by atoms with Crippen molar-refractivity contribution in [3.05, 3.63) is 19.1 Å². The molecule has 0 fully saturated rings. The molecule has 0 aliphatic heterocycles. The molecule has 0 aromatic rings. The normalized spacial score (nSPS) is 8.86. The first-order valence-corrected chi connectivity index (χ1v) is 15.5. The minimum absolute atomic E-state index is 0. The summed E-state index contributed by atoms with van der Waals surface area (Å²) in [6.07, 6.45) is 28.1. The third-order valence-corrected chi connectivity index (χ3v) is 5.94. The molecule has 0 heterocycles. The number of carbonyl (C=O) groups excluding carboxylic acids is 1. The van der Waals surface area contributed by atoms with Crippen LogP contribution in [0.5, 0.6) is 0 Å². The van der Waals surface area contributed by atoms with Gasteiger partial charge in [-0.05, 0) is 25.7 Å². The summed E-state index contributed by atoms with van der Waals surface area (Å²) in [6, 6.07) is 0. The first-order chi connectivity index (χ1) is 16.5. The number of hydrogen-bond acceptors (Lipinski definition) is 1. The molecule has 0 N–H and O–H groups in total. The minimum Gasteiger partial charge on any atom is -1.00 e. The maximum atomic E-state index is 11.0. The molecule has 0 aliphatic carbocycles. The molecular weight excluding hydrogens is 511 g/mol. The van der Waals surface area contributed by atoms with E-state index in [4.69, 9.17) is 0 Å². The fourth-order valence-electron chi connectivity index (χ4n) is 3.32. The van der Waals surface area contributed by atoms with Crippen molar-refractivity contribution in [1.82, 2.24) is 0 Å². The summed E-state index contributed by atoms with van der Waals surface area (Å²) >= 11 is 0. The van der Waals surface area contributed by atoms with Crippen molar-refractivity contribution in [1.29, 1.82) is 0 Å². The topological polar surface area (TPSA) is 17.1 Å². The van der Waals surface area contributed by atoms with Crippen LogP contribution in [-0.2, 0) is 4.79 Å². The monoisotopic (exact) mass is 584 g/mol. The van der Waals surface area contributed by atoms with Gasteiger partial charge in [-0.3, -0.25) is 4.79 Å². The Balaban J connectivity index is -0.0000000750. The Morgan fingerprint density at radius 3 is 1.14 bits per heavy atom. The van der Waals surface area contributed by atoms with Crippen LogP contribution >= 0.6 is 0 Å². The average molecular weight is 585 g/mol. The van der Waals surface area contributed by atoms with Crippen LogP contribution in [0.4, 0.5) is 0 Å². The second kappa shape index (κ2) is 56.6. The number of carbonyl (C=O) groups is 1.